The van der Waals surface area contributed by atoms with Crippen molar-refractivity contribution in [1.29, 1.82) is 0 Å². The summed E-state index contributed by atoms with van der Waals surface area (Å²) in [6.45, 7) is 1.69. The molecule has 4 rings (SSSR count). The number of amides is 1. The van der Waals surface area contributed by atoms with E-state index in [0.29, 0.717) is 17.1 Å². The molecule has 3 aromatic rings. The lowest BCUT2D eigenvalue weighted by atomic mass is 9.94. The fourth-order valence-electron chi connectivity index (χ4n) is 3.10. The van der Waals surface area contributed by atoms with Gasteiger partial charge in [0.05, 0.1) is 16.1 Å². The van der Waals surface area contributed by atoms with E-state index in [-0.39, 0.29) is 17.2 Å². The molecule has 2 N–H and O–H groups in total. The van der Waals surface area contributed by atoms with E-state index in [1.807, 2.05) is 0 Å². The van der Waals surface area contributed by atoms with Gasteiger partial charge in [-0.2, -0.15) is 4.68 Å². The van der Waals surface area contributed by atoms with Crippen molar-refractivity contribution < 1.29 is 9.72 Å². The van der Waals surface area contributed by atoms with Gasteiger partial charge in [-0.15, -0.1) is 0 Å². The Morgan fingerprint density at radius 3 is 2.79 bits per heavy atom. The molecule has 0 bridgehead atoms. The Morgan fingerprint density at radius 1 is 1.25 bits per heavy atom. The quantitative estimate of drug-likeness (QED) is 0.518. The lowest BCUT2D eigenvalue weighted by Gasteiger charge is -2.27. The zero-order valence-electron chi connectivity index (χ0n) is 14.6. The first-order valence-corrected chi connectivity index (χ1v) is 8.27. The molecule has 2 aromatic heterocycles. The molecule has 0 fully saturated rings. The number of rotatable bonds is 4. The van der Waals surface area contributed by atoms with Crippen LogP contribution in [0.2, 0.25) is 0 Å². The lowest BCUT2D eigenvalue weighted by Crippen LogP contribution is -2.32. The molecule has 3 heterocycles. The minimum atomic E-state index is -0.878. The number of hydrogen-bond acceptors (Lipinski definition) is 8. The number of benzene rings is 1. The number of para-hydroxylation sites is 1. The fourth-order valence-corrected chi connectivity index (χ4v) is 3.10. The standard InChI is InChI=1S/C17H14N8O3/c1-10-14(16(26)20-13-8-4-5-9-18-13)15(24-17(19-10)21-22-23-24)11-6-2-3-7-12(11)25(27)28/h2-9,15H,1H3,(H,18,20,26)(H,19,21,23). The van der Waals surface area contributed by atoms with E-state index in [2.05, 4.69) is 31.1 Å². The molecule has 0 saturated carbocycles. The molecule has 0 spiro atoms. The van der Waals surface area contributed by atoms with E-state index in [4.69, 9.17) is 0 Å². The third kappa shape index (κ3) is 2.94. The molecule has 1 aliphatic rings. The highest BCUT2D eigenvalue weighted by Gasteiger charge is 2.37. The molecule has 0 radical (unpaired) electrons. The van der Waals surface area contributed by atoms with E-state index in [0.717, 1.165) is 0 Å². The summed E-state index contributed by atoms with van der Waals surface area (Å²) < 4.78 is 1.35. The van der Waals surface area contributed by atoms with Gasteiger partial charge in [0.1, 0.15) is 11.9 Å². The Labute approximate surface area is 158 Å². The van der Waals surface area contributed by atoms with Crippen molar-refractivity contribution in [2.45, 2.75) is 13.0 Å². The van der Waals surface area contributed by atoms with Gasteiger partial charge in [0.2, 0.25) is 5.95 Å². The third-order valence-electron chi connectivity index (χ3n) is 4.29. The molecule has 0 saturated heterocycles. The van der Waals surface area contributed by atoms with Crippen molar-refractivity contribution in [2.24, 2.45) is 0 Å². The number of tetrazole rings is 1. The topological polar surface area (TPSA) is 141 Å². The number of nitrogens with one attached hydrogen (secondary N) is 2. The van der Waals surface area contributed by atoms with Gasteiger partial charge in [-0.05, 0) is 35.5 Å². The third-order valence-corrected chi connectivity index (χ3v) is 4.29. The van der Waals surface area contributed by atoms with Crippen LogP contribution in [-0.2, 0) is 4.79 Å². The molecule has 1 atom stereocenters. The summed E-state index contributed by atoms with van der Waals surface area (Å²) in [5.74, 6) is 0.180. The number of nitro benzene ring substituents is 1. The summed E-state index contributed by atoms with van der Waals surface area (Å²) in [4.78, 5) is 28.2. The van der Waals surface area contributed by atoms with Gasteiger partial charge in [-0.3, -0.25) is 14.9 Å². The number of carbonyl (C=O) groups is 1. The summed E-state index contributed by atoms with van der Waals surface area (Å²) in [7, 11) is 0. The van der Waals surface area contributed by atoms with Crippen LogP contribution in [0.3, 0.4) is 0 Å². The molecule has 1 unspecified atom stereocenters. The Bertz CT molecular complexity index is 1090. The first-order valence-electron chi connectivity index (χ1n) is 8.27. The highest BCUT2D eigenvalue weighted by atomic mass is 16.6. The molecular formula is C17H14N8O3. The van der Waals surface area contributed by atoms with Gasteiger partial charge < -0.3 is 10.6 Å². The number of hydrogen-bond donors (Lipinski definition) is 2. The second kappa shape index (κ2) is 6.87. The van der Waals surface area contributed by atoms with Gasteiger partial charge in [0.25, 0.3) is 11.6 Å². The first kappa shape index (κ1) is 17.3. The van der Waals surface area contributed by atoms with Crippen molar-refractivity contribution in [1.82, 2.24) is 25.2 Å². The number of pyridine rings is 1. The number of aromatic nitrogens is 5. The maximum atomic E-state index is 13.1. The monoisotopic (exact) mass is 378 g/mol. The minimum absolute atomic E-state index is 0.133. The summed E-state index contributed by atoms with van der Waals surface area (Å²) in [6, 6.07) is 10.4. The Hall–Kier alpha value is -4.15. The molecule has 1 aliphatic heterocycles. The molecule has 11 nitrogen and oxygen atoms in total. The van der Waals surface area contributed by atoms with Gasteiger partial charge in [0, 0.05) is 18.0 Å². The average Bonchev–Trinajstić information content (AvgIpc) is 3.15. The molecule has 0 aliphatic carbocycles. The smallest absolute Gasteiger partial charge is 0.275 e. The summed E-state index contributed by atoms with van der Waals surface area (Å²) >= 11 is 0. The SMILES string of the molecule is CC1=C(C(=O)Nc2ccccn2)C(c2ccccc2[N+](=O)[O-])n2nnnc2N1. The first-order chi connectivity index (χ1) is 13.6. The zero-order chi connectivity index (χ0) is 19.7. The van der Waals surface area contributed by atoms with E-state index in [9.17, 15) is 14.9 Å². The Kier molecular flexibility index (Phi) is 4.24. The van der Waals surface area contributed by atoms with Crippen molar-refractivity contribution in [2.75, 3.05) is 10.6 Å². The fraction of sp³-hybridized carbons (Fsp3) is 0.118. The highest BCUT2D eigenvalue weighted by molar-refractivity contribution is 6.05. The molecular weight excluding hydrogens is 364 g/mol. The minimum Gasteiger partial charge on any atom is -0.326 e. The van der Waals surface area contributed by atoms with Crippen molar-refractivity contribution in [3.63, 3.8) is 0 Å². The predicted octanol–water partition coefficient (Wildman–Crippen LogP) is 1.90. The molecule has 11 heteroatoms. The Morgan fingerprint density at radius 2 is 2.04 bits per heavy atom. The van der Waals surface area contributed by atoms with Crippen LogP contribution in [0.25, 0.3) is 0 Å². The van der Waals surface area contributed by atoms with Crippen LogP contribution in [0.15, 0.2) is 59.9 Å². The number of anilines is 2. The maximum Gasteiger partial charge on any atom is 0.275 e. The summed E-state index contributed by atoms with van der Waals surface area (Å²) in [6.07, 6.45) is 1.55. The zero-order valence-corrected chi connectivity index (χ0v) is 14.6. The van der Waals surface area contributed by atoms with Gasteiger partial charge >= 0.3 is 0 Å². The van der Waals surface area contributed by atoms with E-state index in [1.54, 1.807) is 49.5 Å². The molecule has 1 aromatic carbocycles. The summed E-state index contributed by atoms with van der Waals surface area (Å²) in [5.41, 5.74) is 0.901. The van der Waals surface area contributed by atoms with Gasteiger partial charge in [-0.25, -0.2) is 4.98 Å². The number of nitro groups is 1. The molecule has 1 amide bonds. The van der Waals surface area contributed by atoms with E-state index >= 15 is 0 Å². The number of allylic oxidation sites excluding steroid dienone is 1. The van der Waals surface area contributed by atoms with Crippen LogP contribution in [0.1, 0.15) is 18.5 Å². The second-order valence-corrected chi connectivity index (χ2v) is 6.00. The molecule has 140 valence electrons. The number of nitrogens with zero attached hydrogens (tertiary/aromatic N) is 6. The van der Waals surface area contributed by atoms with E-state index < -0.39 is 16.9 Å². The number of fused-ring (bicyclic) bond motifs is 1. The average molecular weight is 378 g/mol. The van der Waals surface area contributed by atoms with E-state index in [1.165, 1.54) is 10.7 Å². The van der Waals surface area contributed by atoms with Crippen LogP contribution in [0.5, 0.6) is 0 Å². The van der Waals surface area contributed by atoms with Crippen molar-refractivity contribution >= 4 is 23.4 Å². The van der Waals surface area contributed by atoms with Gasteiger partial charge in [-0.1, -0.05) is 23.3 Å². The normalized spacial score (nSPS) is 15.5. The van der Waals surface area contributed by atoms with Crippen LogP contribution in [0, 0.1) is 10.1 Å². The highest BCUT2D eigenvalue weighted by Crippen LogP contribution is 2.38. The number of carbonyl (C=O) groups excluding carboxylic acids is 1. The van der Waals surface area contributed by atoms with Crippen LogP contribution >= 0.6 is 0 Å². The predicted molar refractivity (Wildman–Crippen MR) is 98.2 cm³/mol. The lowest BCUT2D eigenvalue weighted by molar-refractivity contribution is -0.385. The van der Waals surface area contributed by atoms with Crippen LogP contribution in [-0.4, -0.2) is 36.0 Å². The van der Waals surface area contributed by atoms with Crippen molar-refractivity contribution in [3.8, 4) is 0 Å². The maximum absolute atomic E-state index is 13.1. The van der Waals surface area contributed by atoms with Gasteiger partial charge in [0.15, 0.2) is 0 Å². The second-order valence-electron chi connectivity index (χ2n) is 6.00. The Balaban J connectivity index is 1.84. The largest absolute Gasteiger partial charge is 0.326 e. The summed E-state index contributed by atoms with van der Waals surface area (Å²) in [5, 5.41) is 28.7. The molecule has 28 heavy (non-hydrogen) atoms. The van der Waals surface area contributed by atoms with Crippen LogP contribution < -0.4 is 10.6 Å². The van der Waals surface area contributed by atoms with Crippen LogP contribution in [0.4, 0.5) is 17.5 Å². The van der Waals surface area contributed by atoms with Crippen molar-refractivity contribution in [3.05, 3.63) is 75.6 Å².